The molecule has 0 bridgehead atoms. The first-order valence-electron chi connectivity index (χ1n) is 6.90. The predicted molar refractivity (Wildman–Crippen MR) is 75.0 cm³/mol. The van der Waals surface area contributed by atoms with E-state index in [1.165, 1.54) is 0 Å². The molecule has 2 unspecified atom stereocenters. The van der Waals surface area contributed by atoms with Crippen LogP contribution >= 0.6 is 0 Å². The monoisotopic (exact) mass is 296 g/mol. The Kier molecular flexibility index (Phi) is 5.15. The number of nitrogens with one attached hydrogen (secondary N) is 2. The molecule has 1 aliphatic rings. The zero-order valence-corrected chi connectivity index (χ0v) is 11.9. The molecule has 0 radical (unpaired) electrons. The van der Waals surface area contributed by atoms with Gasteiger partial charge >= 0.3 is 12.0 Å². The number of rotatable bonds is 6. The summed E-state index contributed by atoms with van der Waals surface area (Å²) in [5, 5.41) is 18.5. The van der Waals surface area contributed by atoms with Gasteiger partial charge in [0.1, 0.15) is 0 Å². The molecule has 0 aliphatic heterocycles. The number of aromatic nitrogens is 2. The number of urea groups is 1. The fraction of sp³-hybridized carbons (Fsp3) is 0.615. The Morgan fingerprint density at radius 3 is 3.00 bits per heavy atom. The molecule has 116 valence electrons. The molecular weight excluding hydrogens is 276 g/mol. The number of nitrogens with zero attached hydrogens (tertiary/aromatic N) is 2. The number of anilines is 1. The largest absolute Gasteiger partial charge is 0.481 e. The maximum absolute atomic E-state index is 11.8. The van der Waals surface area contributed by atoms with Crippen molar-refractivity contribution in [1.29, 1.82) is 0 Å². The molecule has 2 rings (SSSR count). The number of carboxylic acids is 1. The molecular formula is C13H20N4O4. The Hall–Kier alpha value is -2.09. The molecule has 3 N–H and O–H groups in total. The van der Waals surface area contributed by atoms with E-state index in [-0.39, 0.29) is 18.0 Å². The minimum absolute atomic E-state index is 0.0883. The van der Waals surface area contributed by atoms with Crippen LogP contribution in [0.3, 0.4) is 0 Å². The van der Waals surface area contributed by atoms with Gasteiger partial charge in [-0.1, -0.05) is 0 Å². The second-order valence-corrected chi connectivity index (χ2v) is 5.13. The lowest BCUT2D eigenvalue weighted by Crippen LogP contribution is -2.36. The second kappa shape index (κ2) is 7.07. The molecule has 1 aliphatic carbocycles. The number of hydrogen-bond donors (Lipinski definition) is 3. The number of carbonyl (C=O) groups excluding carboxylic acids is 1. The average molecular weight is 296 g/mol. The molecule has 8 heteroatoms. The first-order valence-corrected chi connectivity index (χ1v) is 6.90. The standard InChI is InChI=1S/C13H20N4O4/c1-21-5-4-17-8-11(7-14-17)16-13(20)15-10-3-2-9(6-10)12(18)19/h7-10H,2-6H2,1H3,(H,18,19)(H2,15,16,20). The third kappa shape index (κ3) is 4.45. The lowest BCUT2D eigenvalue weighted by Gasteiger charge is -2.12. The first-order chi connectivity index (χ1) is 10.1. The summed E-state index contributed by atoms with van der Waals surface area (Å²) >= 11 is 0. The van der Waals surface area contributed by atoms with Crippen LogP contribution in [0.2, 0.25) is 0 Å². The third-order valence-electron chi connectivity index (χ3n) is 3.53. The van der Waals surface area contributed by atoms with E-state index in [1.807, 2.05) is 0 Å². The highest BCUT2D eigenvalue weighted by molar-refractivity contribution is 5.89. The van der Waals surface area contributed by atoms with Gasteiger partial charge in [0.2, 0.25) is 0 Å². The SMILES string of the molecule is COCCn1cc(NC(=O)NC2CCC(C(=O)O)C2)cn1. The minimum Gasteiger partial charge on any atom is -0.481 e. The van der Waals surface area contributed by atoms with Crippen LogP contribution < -0.4 is 10.6 Å². The normalized spacial score (nSPS) is 21.2. The van der Waals surface area contributed by atoms with Crippen molar-refractivity contribution in [2.45, 2.75) is 31.8 Å². The number of aliphatic carboxylic acids is 1. The Morgan fingerprint density at radius 2 is 2.33 bits per heavy atom. The quantitative estimate of drug-likeness (QED) is 0.723. The van der Waals surface area contributed by atoms with Crippen molar-refractivity contribution in [3.63, 3.8) is 0 Å². The maximum Gasteiger partial charge on any atom is 0.319 e. The molecule has 0 spiro atoms. The Balaban J connectivity index is 1.77. The van der Waals surface area contributed by atoms with Crippen LogP contribution in [0.1, 0.15) is 19.3 Å². The maximum atomic E-state index is 11.8. The minimum atomic E-state index is -0.792. The Morgan fingerprint density at radius 1 is 1.52 bits per heavy atom. The van der Waals surface area contributed by atoms with Crippen molar-refractivity contribution in [2.75, 3.05) is 19.0 Å². The van der Waals surface area contributed by atoms with Gasteiger partial charge in [-0.3, -0.25) is 9.48 Å². The summed E-state index contributed by atoms with van der Waals surface area (Å²) in [5.41, 5.74) is 0.594. The third-order valence-corrected chi connectivity index (χ3v) is 3.53. The molecule has 8 nitrogen and oxygen atoms in total. The van der Waals surface area contributed by atoms with Crippen molar-refractivity contribution in [1.82, 2.24) is 15.1 Å². The zero-order valence-electron chi connectivity index (χ0n) is 11.9. The van der Waals surface area contributed by atoms with Gasteiger partial charge in [0.25, 0.3) is 0 Å². The predicted octanol–water partition coefficient (Wildman–Crippen LogP) is 0.904. The van der Waals surface area contributed by atoms with Crippen LogP contribution in [-0.2, 0) is 16.1 Å². The molecule has 21 heavy (non-hydrogen) atoms. The van der Waals surface area contributed by atoms with E-state index in [1.54, 1.807) is 24.2 Å². The van der Waals surface area contributed by atoms with Gasteiger partial charge in [-0.05, 0) is 19.3 Å². The van der Waals surface area contributed by atoms with Crippen molar-refractivity contribution >= 4 is 17.7 Å². The Bertz CT molecular complexity index is 502. The highest BCUT2D eigenvalue weighted by atomic mass is 16.5. The van der Waals surface area contributed by atoms with Crippen molar-refractivity contribution < 1.29 is 19.4 Å². The number of hydrogen-bond acceptors (Lipinski definition) is 4. The number of amides is 2. The van der Waals surface area contributed by atoms with Gasteiger partial charge in [0, 0.05) is 19.3 Å². The second-order valence-electron chi connectivity index (χ2n) is 5.13. The van der Waals surface area contributed by atoms with E-state index >= 15 is 0 Å². The van der Waals surface area contributed by atoms with Gasteiger partial charge < -0.3 is 20.5 Å². The van der Waals surface area contributed by atoms with Gasteiger partial charge in [-0.25, -0.2) is 4.79 Å². The van der Waals surface area contributed by atoms with E-state index in [9.17, 15) is 9.59 Å². The van der Waals surface area contributed by atoms with Gasteiger partial charge in [0.05, 0.1) is 31.0 Å². The van der Waals surface area contributed by atoms with E-state index in [4.69, 9.17) is 9.84 Å². The lowest BCUT2D eigenvalue weighted by molar-refractivity contribution is -0.141. The van der Waals surface area contributed by atoms with Crippen molar-refractivity contribution in [3.8, 4) is 0 Å². The molecule has 1 saturated carbocycles. The highest BCUT2D eigenvalue weighted by Crippen LogP contribution is 2.25. The number of carbonyl (C=O) groups is 2. The Labute approximate surface area is 122 Å². The summed E-state index contributed by atoms with van der Waals surface area (Å²) in [4.78, 5) is 22.7. The smallest absolute Gasteiger partial charge is 0.319 e. The fourth-order valence-corrected chi connectivity index (χ4v) is 2.42. The highest BCUT2D eigenvalue weighted by Gasteiger charge is 2.30. The van der Waals surface area contributed by atoms with E-state index < -0.39 is 5.97 Å². The van der Waals surface area contributed by atoms with Crippen molar-refractivity contribution in [2.24, 2.45) is 5.92 Å². The van der Waals surface area contributed by atoms with E-state index in [0.29, 0.717) is 38.1 Å². The summed E-state index contributed by atoms with van der Waals surface area (Å²) in [7, 11) is 1.61. The van der Waals surface area contributed by atoms with E-state index in [2.05, 4.69) is 15.7 Å². The van der Waals surface area contributed by atoms with Crippen LogP contribution in [0.5, 0.6) is 0 Å². The van der Waals surface area contributed by atoms with Crippen LogP contribution in [0.15, 0.2) is 12.4 Å². The number of methoxy groups -OCH3 is 1. The molecule has 2 atom stereocenters. The van der Waals surface area contributed by atoms with Gasteiger partial charge in [-0.15, -0.1) is 0 Å². The van der Waals surface area contributed by atoms with Crippen LogP contribution in [0.4, 0.5) is 10.5 Å². The molecule has 0 aromatic carbocycles. The molecule has 1 aromatic heterocycles. The van der Waals surface area contributed by atoms with Crippen LogP contribution in [-0.4, -0.2) is 46.6 Å². The average Bonchev–Trinajstić information content (AvgIpc) is 3.06. The number of carboxylic acid groups (broad SMARTS) is 1. The summed E-state index contributed by atoms with van der Waals surface area (Å²) < 4.78 is 6.62. The molecule has 1 heterocycles. The van der Waals surface area contributed by atoms with Crippen LogP contribution in [0.25, 0.3) is 0 Å². The first kappa shape index (κ1) is 15.3. The summed E-state index contributed by atoms with van der Waals surface area (Å²) in [6, 6.07) is -0.424. The van der Waals surface area contributed by atoms with Crippen LogP contribution in [0, 0.1) is 5.92 Å². The molecule has 1 aromatic rings. The van der Waals surface area contributed by atoms with E-state index in [0.717, 1.165) is 0 Å². The van der Waals surface area contributed by atoms with Gasteiger partial charge in [0.15, 0.2) is 0 Å². The number of ether oxygens (including phenoxy) is 1. The lowest BCUT2D eigenvalue weighted by atomic mass is 10.1. The molecule has 0 saturated heterocycles. The summed E-state index contributed by atoms with van der Waals surface area (Å²) in [6.07, 6.45) is 5.06. The topological polar surface area (TPSA) is 105 Å². The fourth-order valence-electron chi connectivity index (χ4n) is 2.42. The molecule has 1 fully saturated rings. The summed E-state index contributed by atoms with van der Waals surface area (Å²) in [6.45, 7) is 1.16. The van der Waals surface area contributed by atoms with Crippen molar-refractivity contribution in [3.05, 3.63) is 12.4 Å². The zero-order chi connectivity index (χ0) is 15.2. The summed E-state index contributed by atoms with van der Waals surface area (Å²) in [5.74, 6) is -1.15. The van der Waals surface area contributed by atoms with Gasteiger partial charge in [-0.2, -0.15) is 5.10 Å². The molecule has 2 amide bonds.